The summed E-state index contributed by atoms with van der Waals surface area (Å²) in [5.74, 6) is -1.70. The van der Waals surface area contributed by atoms with Crippen molar-refractivity contribution in [1.29, 1.82) is 0 Å². The second-order valence-electron chi connectivity index (χ2n) is 6.40. The Hall–Kier alpha value is -3.26. The van der Waals surface area contributed by atoms with Crippen molar-refractivity contribution in [3.05, 3.63) is 71.8 Å². The molecule has 0 bridgehead atoms. The fourth-order valence-corrected chi connectivity index (χ4v) is 5.24. The zero-order valence-corrected chi connectivity index (χ0v) is 15.6. The van der Waals surface area contributed by atoms with E-state index >= 15 is 0 Å². The van der Waals surface area contributed by atoms with Crippen LogP contribution < -0.4 is 0 Å². The van der Waals surface area contributed by atoms with E-state index in [2.05, 4.69) is 4.98 Å². The largest absolute Gasteiger partial charge is 0.481 e. The number of pyridine rings is 1. The van der Waals surface area contributed by atoms with Crippen LogP contribution in [0.3, 0.4) is 0 Å². The third kappa shape index (κ3) is 2.73. The van der Waals surface area contributed by atoms with Crippen LogP contribution in [0.25, 0.3) is 21.8 Å². The van der Waals surface area contributed by atoms with Crippen LogP contribution in [-0.2, 0) is 21.2 Å². The highest BCUT2D eigenvalue weighted by atomic mass is 32.2. The molecule has 4 rings (SSSR count). The van der Waals surface area contributed by atoms with E-state index in [4.69, 9.17) is 0 Å². The number of carboxylic acids is 1. The second-order valence-corrected chi connectivity index (χ2v) is 8.15. The number of nitrogens with zero attached hydrogens (tertiary/aromatic N) is 2. The number of fused-ring (bicyclic) bond motifs is 2. The molecule has 2 aromatic carbocycles. The summed E-state index contributed by atoms with van der Waals surface area (Å²) >= 11 is 0. The third-order valence-corrected chi connectivity index (χ3v) is 6.52. The summed E-state index contributed by atoms with van der Waals surface area (Å²) in [6.07, 6.45) is 1.09. The normalized spacial score (nSPS) is 11.9. The minimum absolute atomic E-state index is 0.00296. The molecule has 0 unspecified atom stereocenters. The molecule has 1 N–H and O–H groups in total. The van der Waals surface area contributed by atoms with E-state index in [0.29, 0.717) is 10.9 Å². The van der Waals surface area contributed by atoms with Gasteiger partial charge in [-0.1, -0.05) is 18.2 Å². The molecule has 0 atom stereocenters. The second kappa shape index (κ2) is 6.42. The van der Waals surface area contributed by atoms with E-state index in [0.717, 1.165) is 16.1 Å². The molecule has 0 aliphatic rings. The van der Waals surface area contributed by atoms with Crippen molar-refractivity contribution in [3.8, 4) is 0 Å². The van der Waals surface area contributed by atoms with Gasteiger partial charge in [-0.25, -0.2) is 16.8 Å². The molecule has 0 spiro atoms. The summed E-state index contributed by atoms with van der Waals surface area (Å²) in [6.45, 7) is 1.52. The van der Waals surface area contributed by atoms with Crippen molar-refractivity contribution in [2.75, 3.05) is 0 Å². The molecule has 2 heterocycles. The molecule has 2 aromatic heterocycles. The number of para-hydroxylation sites is 1. The van der Waals surface area contributed by atoms with Crippen LogP contribution in [-0.4, -0.2) is 28.5 Å². The first kappa shape index (κ1) is 18.1. The lowest BCUT2D eigenvalue weighted by Gasteiger charge is -2.12. The highest BCUT2D eigenvalue weighted by Gasteiger charge is 2.27. The topological polar surface area (TPSA) is 89.3 Å². The summed E-state index contributed by atoms with van der Waals surface area (Å²) in [5, 5.41) is 10.2. The SMILES string of the molecule is Cc1c(CC(=O)O)c2cc(F)ccc2n1S(=O)(=O)c1cccc2cccnc12. The molecule has 8 heteroatoms. The zero-order valence-electron chi connectivity index (χ0n) is 14.8. The van der Waals surface area contributed by atoms with Gasteiger partial charge in [0.2, 0.25) is 0 Å². The highest BCUT2D eigenvalue weighted by molar-refractivity contribution is 7.90. The summed E-state index contributed by atoms with van der Waals surface area (Å²) in [5.41, 5.74) is 1.03. The maximum absolute atomic E-state index is 13.8. The summed E-state index contributed by atoms with van der Waals surface area (Å²) < 4.78 is 42.0. The van der Waals surface area contributed by atoms with E-state index in [-0.39, 0.29) is 27.1 Å². The predicted octanol–water partition coefficient (Wildman–Crippen LogP) is 3.50. The van der Waals surface area contributed by atoms with Crippen molar-refractivity contribution < 1.29 is 22.7 Å². The lowest BCUT2D eigenvalue weighted by Crippen LogP contribution is -2.15. The molecular weight excluding hydrogens is 383 g/mol. The predicted molar refractivity (Wildman–Crippen MR) is 102 cm³/mol. The molecule has 0 saturated carbocycles. The molecule has 0 fully saturated rings. The number of aromatic nitrogens is 2. The fourth-order valence-electron chi connectivity index (χ4n) is 3.49. The summed E-state index contributed by atoms with van der Waals surface area (Å²) in [4.78, 5) is 15.5. The molecular formula is C20H15FN2O4S. The van der Waals surface area contributed by atoms with Gasteiger partial charge < -0.3 is 5.11 Å². The Balaban J connectivity index is 2.08. The Bertz CT molecular complexity index is 1350. The first-order valence-electron chi connectivity index (χ1n) is 8.41. The lowest BCUT2D eigenvalue weighted by atomic mass is 10.1. The molecule has 6 nitrogen and oxygen atoms in total. The van der Waals surface area contributed by atoms with Crippen LogP contribution in [0.4, 0.5) is 4.39 Å². The van der Waals surface area contributed by atoms with Crippen LogP contribution >= 0.6 is 0 Å². The van der Waals surface area contributed by atoms with Gasteiger partial charge in [0, 0.05) is 22.7 Å². The van der Waals surface area contributed by atoms with E-state index in [1.807, 2.05) is 0 Å². The van der Waals surface area contributed by atoms with Gasteiger partial charge in [0.25, 0.3) is 10.0 Å². The van der Waals surface area contributed by atoms with Crippen molar-refractivity contribution in [2.45, 2.75) is 18.2 Å². The van der Waals surface area contributed by atoms with E-state index in [9.17, 15) is 22.7 Å². The van der Waals surface area contributed by atoms with Crippen molar-refractivity contribution in [1.82, 2.24) is 8.96 Å². The van der Waals surface area contributed by atoms with Gasteiger partial charge in [0.15, 0.2) is 0 Å². The highest BCUT2D eigenvalue weighted by Crippen LogP contribution is 2.32. The Morgan fingerprint density at radius 2 is 1.93 bits per heavy atom. The number of hydrogen-bond donors (Lipinski definition) is 1. The Morgan fingerprint density at radius 1 is 1.18 bits per heavy atom. The van der Waals surface area contributed by atoms with Gasteiger partial charge in [-0.2, -0.15) is 0 Å². The van der Waals surface area contributed by atoms with Crippen LogP contribution in [0.1, 0.15) is 11.3 Å². The molecule has 0 aliphatic carbocycles. The average molecular weight is 398 g/mol. The quantitative estimate of drug-likeness (QED) is 0.568. The van der Waals surface area contributed by atoms with Crippen molar-refractivity contribution in [3.63, 3.8) is 0 Å². The first-order chi connectivity index (χ1) is 13.3. The number of carbonyl (C=O) groups is 1. The van der Waals surface area contributed by atoms with E-state index < -0.39 is 28.2 Å². The molecule has 4 aromatic rings. The number of carboxylic acid groups (broad SMARTS) is 1. The number of halogens is 1. The van der Waals surface area contributed by atoms with Crippen LogP contribution in [0.5, 0.6) is 0 Å². The summed E-state index contributed by atoms with van der Waals surface area (Å²) in [6, 6.07) is 12.0. The fraction of sp³-hybridized carbons (Fsp3) is 0.100. The Kier molecular flexibility index (Phi) is 4.15. The molecule has 0 saturated heterocycles. The lowest BCUT2D eigenvalue weighted by molar-refractivity contribution is -0.136. The summed E-state index contributed by atoms with van der Waals surface area (Å²) in [7, 11) is -4.11. The molecule has 142 valence electrons. The molecule has 0 radical (unpaired) electrons. The maximum atomic E-state index is 13.8. The van der Waals surface area contributed by atoms with E-state index in [1.54, 1.807) is 24.3 Å². The van der Waals surface area contributed by atoms with Crippen LogP contribution in [0.15, 0.2) is 59.6 Å². The number of aliphatic carboxylic acids is 1. The Labute approximate surface area is 159 Å². The van der Waals surface area contributed by atoms with Crippen molar-refractivity contribution in [2.24, 2.45) is 0 Å². The smallest absolute Gasteiger partial charge is 0.307 e. The van der Waals surface area contributed by atoms with Gasteiger partial charge in [0.05, 0.1) is 17.5 Å². The number of rotatable bonds is 4. The maximum Gasteiger partial charge on any atom is 0.307 e. The van der Waals surface area contributed by atoms with Gasteiger partial charge >= 0.3 is 5.97 Å². The van der Waals surface area contributed by atoms with E-state index in [1.165, 1.54) is 25.3 Å². The third-order valence-electron chi connectivity index (χ3n) is 4.69. The number of hydrogen-bond acceptors (Lipinski definition) is 4. The van der Waals surface area contributed by atoms with Gasteiger partial charge in [-0.3, -0.25) is 9.78 Å². The monoisotopic (exact) mass is 398 g/mol. The van der Waals surface area contributed by atoms with Crippen LogP contribution in [0.2, 0.25) is 0 Å². The molecule has 0 aliphatic heterocycles. The Morgan fingerprint density at radius 3 is 2.68 bits per heavy atom. The minimum atomic E-state index is -4.11. The standard InChI is InChI=1S/C20H15FN2O4S/c1-12-15(11-19(24)25)16-10-14(21)7-8-17(16)23(12)28(26,27)18-6-2-4-13-5-3-9-22-20(13)18/h2-10H,11H2,1H3,(H,24,25). The van der Waals surface area contributed by atoms with Crippen LogP contribution in [0, 0.1) is 12.7 Å². The van der Waals surface area contributed by atoms with Gasteiger partial charge in [-0.05, 0) is 42.8 Å². The van der Waals surface area contributed by atoms with Gasteiger partial charge in [-0.15, -0.1) is 0 Å². The average Bonchev–Trinajstić information content (AvgIpc) is 2.92. The van der Waals surface area contributed by atoms with Gasteiger partial charge in [0.1, 0.15) is 10.7 Å². The molecule has 28 heavy (non-hydrogen) atoms. The molecule has 0 amide bonds. The zero-order chi connectivity index (χ0) is 20.1. The van der Waals surface area contributed by atoms with Crippen molar-refractivity contribution >= 4 is 37.8 Å². The number of benzene rings is 2. The first-order valence-corrected chi connectivity index (χ1v) is 9.85. The minimum Gasteiger partial charge on any atom is -0.481 e.